The minimum Gasteiger partial charge on any atom is -0.340 e. The van der Waals surface area contributed by atoms with Gasteiger partial charge in [0.05, 0.1) is 12.5 Å². The zero-order valence-corrected chi connectivity index (χ0v) is 14.0. The van der Waals surface area contributed by atoms with E-state index >= 15 is 0 Å². The molecule has 7 heteroatoms. The Bertz CT molecular complexity index is 495. The van der Waals surface area contributed by atoms with E-state index in [1.807, 2.05) is 11.4 Å². The van der Waals surface area contributed by atoms with E-state index < -0.39 is 12.1 Å². The van der Waals surface area contributed by atoms with Crippen LogP contribution in [-0.2, 0) is 11.3 Å². The predicted octanol–water partition coefficient (Wildman–Crippen LogP) is 4.84. The molecule has 1 aliphatic carbocycles. The highest BCUT2D eigenvalue weighted by Gasteiger charge is 2.42. The number of carbonyl (C=O) groups excluding carboxylic acids is 1. The van der Waals surface area contributed by atoms with Crippen molar-refractivity contribution in [2.45, 2.75) is 38.4 Å². The number of amides is 1. The number of alkyl halides is 3. The van der Waals surface area contributed by atoms with Gasteiger partial charge in [-0.05, 0) is 47.7 Å². The minimum absolute atomic E-state index is 0.0415. The molecule has 1 aliphatic rings. The number of hydrogen-bond donors (Lipinski definition) is 0. The normalized spacial score (nSPS) is 23.1. The third-order valence-electron chi connectivity index (χ3n) is 3.93. The van der Waals surface area contributed by atoms with Crippen molar-refractivity contribution < 1.29 is 18.0 Å². The number of nitrogens with zero attached hydrogens (tertiary/aromatic N) is 1. The number of halogens is 4. The van der Waals surface area contributed by atoms with Crippen molar-refractivity contribution in [1.82, 2.24) is 4.90 Å². The van der Waals surface area contributed by atoms with Crippen LogP contribution in [-0.4, -0.2) is 24.0 Å². The third kappa shape index (κ3) is 4.45. The quantitative estimate of drug-likeness (QED) is 0.731. The van der Waals surface area contributed by atoms with Gasteiger partial charge in [-0.15, -0.1) is 11.3 Å². The highest BCUT2D eigenvalue weighted by molar-refractivity contribution is 9.10. The maximum absolute atomic E-state index is 12.6. The van der Waals surface area contributed by atoms with Gasteiger partial charge in [0.25, 0.3) is 0 Å². The van der Waals surface area contributed by atoms with Gasteiger partial charge in [-0.2, -0.15) is 13.2 Å². The van der Waals surface area contributed by atoms with Gasteiger partial charge in [0.1, 0.15) is 0 Å². The first-order valence-corrected chi connectivity index (χ1v) is 8.49. The van der Waals surface area contributed by atoms with Crippen LogP contribution in [0.1, 0.15) is 30.6 Å². The van der Waals surface area contributed by atoms with Gasteiger partial charge in [-0.3, -0.25) is 4.79 Å². The summed E-state index contributed by atoms with van der Waals surface area (Å²) >= 11 is 4.92. The summed E-state index contributed by atoms with van der Waals surface area (Å²) in [6.07, 6.45) is -3.32. The van der Waals surface area contributed by atoms with Gasteiger partial charge < -0.3 is 4.90 Å². The summed E-state index contributed by atoms with van der Waals surface area (Å²) in [5.74, 6) is -1.54. The van der Waals surface area contributed by atoms with E-state index in [4.69, 9.17) is 0 Å². The molecular weight excluding hydrogens is 367 g/mol. The lowest BCUT2D eigenvalue weighted by atomic mass is 9.81. The summed E-state index contributed by atoms with van der Waals surface area (Å²) in [6, 6.07) is 1.95. The molecule has 21 heavy (non-hydrogen) atoms. The van der Waals surface area contributed by atoms with Crippen molar-refractivity contribution in [2.24, 2.45) is 11.8 Å². The van der Waals surface area contributed by atoms with E-state index in [0.717, 1.165) is 9.35 Å². The second kappa shape index (κ2) is 6.69. The van der Waals surface area contributed by atoms with Crippen molar-refractivity contribution in [2.75, 3.05) is 7.05 Å². The summed E-state index contributed by atoms with van der Waals surface area (Å²) in [5.41, 5.74) is 0. The molecule has 0 unspecified atom stereocenters. The number of carbonyl (C=O) groups is 1. The van der Waals surface area contributed by atoms with E-state index in [-0.39, 0.29) is 24.7 Å². The second-order valence-corrected chi connectivity index (χ2v) is 7.43. The Balaban J connectivity index is 1.86. The van der Waals surface area contributed by atoms with Crippen LogP contribution in [0.3, 0.4) is 0 Å². The average Bonchev–Trinajstić information content (AvgIpc) is 2.82. The molecule has 1 aromatic rings. The molecule has 0 atom stereocenters. The lowest BCUT2D eigenvalue weighted by Gasteiger charge is -2.31. The van der Waals surface area contributed by atoms with E-state index in [2.05, 4.69) is 15.9 Å². The molecule has 0 spiro atoms. The summed E-state index contributed by atoms with van der Waals surface area (Å²) < 4.78 is 38.8. The Hall–Kier alpha value is -0.560. The van der Waals surface area contributed by atoms with Crippen LogP contribution in [0.4, 0.5) is 13.2 Å². The molecule has 0 aliphatic heterocycles. The minimum atomic E-state index is -4.12. The van der Waals surface area contributed by atoms with Crippen LogP contribution < -0.4 is 0 Å². The van der Waals surface area contributed by atoms with Crippen LogP contribution in [0.2, 0.25) is 0 Å². The Kier molecular flexibility index (Phi) is 5.35. The zero-order chi connectivity index (χ0) is 15.6. The second-order valence-electron chi connectivity index (χ2n) is 5.52. The lowest BCUT2D eigenvalue weighted by Crippen LogP contribution is -2.36. The number of hydrogen-bond acceptors (Lipinski definition) is 2. The molecule has 0 N–H and O–H groups in total. The molecule has 1 aromatic heterocycles. The molecule has 2 rings (SSSR count). The van der Waals surface area contributed by atoms with E-state index in [9.17, 15) is 18.0 Å². The number of thiophene rings is 1. The molecule has 1 amide bonds. The Morgan fingerprint density at radius 3 is 2.48 bits per heavy atom. The molecule has 0 bridgehead atoms. The molecule has 1 saturated carbocycles. The molecule has 1 heterocycles. The number of rotatable bonds is 3. The van der Waals surface area contributed by atoms with Crippen LogP contribution in [0, 0.1) is 11.8 Å². The van der Waals surface area contributed by atoms with Gasteiger partial charge in [-0.25, -0.2) is 0 Å². The fraction of sp³-hybridized carbons (Fsp3) is 0.643. The third-order valence-corrected chi connectivity index (χ3v) is 5.61. The zero-order valence-electron chi connectivity index (χ0n) is 11.6. The van der Waals surface area contributed by atoms with Gasteiger partial charge in [0.2, 0.25) is 5.91 Å². The molecule has 0 aromatic carbocycles. The van der Waals surface area contributed by atoms with Crippen molar-refractivity contribution >= 4 is 33.2 Å². The lowest BCUT2D eigenvalue weighted by molar-refractivity contribution is -0.185. The first kappa shape index (κ1) is 16.8. The van der Waals surface area contributed by atoms with Gasteiger partial charge in [0, 0.05) is 27.7 Å². The standard InChI is InChI=1S/C14H17BrF3NOS/c1-19(7-12-6-11(15)8-21-12)13(20)9-2-4-10(5-3-9)14(16,17)18/h6,8-10H,2-5,7H2,1H3. The van der Waals surface area contributed by atoms with Crippen molar-refractivity contribution in [1.29, 1.82) is 0 Å². The Morgan fingerprint density at radius 1 is 1.38 bits per heavy atom. The molecule has 0 saturated heterocycles. The highest BCUT2D eigenvalue weighted by Crippen LogP contribution is 2.40. The molecule has 2 nitrogen and oxygen atoms in total. The van der Waals surface area contributed by atoms with E-state index in [1.165, 1.54) is 0 Å². The predicted molar refractivity (Wildman–Crippen MR) is 80.0 cm³/mol. The Morgan fingerprint density at radius 2 is 2.00 bits per heavy atom. The molecule has 118 valence electrons. The first-order chi connectivity index (χ1) is 9.77. The maximum atomic E-state index is 12.6. The van der Waals surface area contributed by atoms with Crippen molar-refractivity contribution in [3.63, 3.8) is 0 Å². The van der Waals surface area contributed by atoms with Gasteiger partial charge in [0.15, 0.2) is 0 Å². The van der Waals surface area contributed by atoms with Crippen LogP contribution >= 0.6 is 27.3 Å². The average molecular weight is 384 g/mol. The van der Waals surface area contributed by atoms with Gasteiger partial charge >= 0.3 is 6.18 Å². The van der Waals surface area contributed by atoms with Crippen molar-refractivity contribution in [3.05, 3.63) is 20.8 Å². The molecule has 1 fully saturated rings. The summed E-state index contributed by atoms with van der Waals surface area (Å²) in [4.78, 5) is 15.0. The summed E-state index contributed by atoms with van der Waals surface area (Å²) in [6.45, 7) is 0.508. The SMILES string of the molecule is CN(Cc1cc(Br)cs1)C(=O)C1CCC(C(F)(F)F)CC1. The van der Waals surface area contributed by atoms with E-state index in [0.29, 0.717) is 19.4 Å². The first-order valence-electron chi connectivity index (χ1n) is 6.82. The summed E-state index contributed by atoms with van der Waals surface area (Å²) in [7, 11) is 1.71. The van der Waals surface area contributed by atoms with Crippen LogP contribution in [0.15, 0.2) is 15.9 Å². The van der Waals surface area contributed by atoms with Gasteiger partial charge in [-0.1, -0.05) is 0 Å². The maximum Gasteiger partial charge on any atom is 0.391 e. The summed E-state index contributed by atoms with van der Waals surface area (Å²) in [5, 5.41) is 1.95. The fourth-order valence-corrected chi connectivity index (χ4v) is 4.23. The fourth-order valence-electron chi connectivity index (χ4n) is 2.73. The van der Waals surface area contributed by atoms with E-state index in [1.54, 1.807) is 23.3 Å². The highest BCUT2D eigenvalue weighted by atomic mass is 79.9. The molecular formula is C14H17BrF3NOS. The monoisotopic (exact) mass is 383 g/mol. The Labute approximate surface area is 134 Å². The largest absolute Gasteiger partial charge is 0.391 e. The molecule has 0 radical (unpaired) electrons. The topological polar surface area (TPSA) is 20.3 Å². The van der Waals surface area contributed by atoms with Crippen LogP contribution in [0.5, 0.6) is 0 Å². The van der Waals surface area contributed by atoms with Crippen molar-refractivity contribution in [3.8, 4) is 0 Å². The van der Waals surface area contributed by atoms with Crippen LogP contribution in [0.25, 0.3) is 0 Å². The smallest absolute Gasteiger partial charge is 0.340 e.